The van der Waals surface area contributed by atoms with Gasteiger partial charge in [0.1, 0.15) is 16.1 Å². The molecular formula is C13H9BrCl2N2. The number of hydrogen-bond donors (Lipinski definition) is 0. The molecule has 92 valence electrons. The molecule has 1 heterocycles. The Kier molecular flexibility index (Phi) is 3.08. The molecular weight excluding hydrogens is 335 g/mol. The van der Waals surface area contributed by atoms with E-state index in [1.54, 1.807) is 0 Å². The topological polar surface area (TPSA) is 25.8 Å². The zero-order chi connectivity index (χ0) is 12.8. The first-order valence-corrected chi connectivity index (χ1v) is 7.13. The molecule has 0 bridgehead atoms. The number of halogens is 3. The van der Waals surface area contributed by atoms with E-state index in [9.17, 15) is 0 Å². The Morgan fingerprint density at radius 3 is 2.06 bits per heavy atom. The Morgan fingerprint density at radius 1 is 1.00 bits per heavy atom. The lowest BCUT2D eigenvalue weighted by atomic mass is 9.95. The summed E-state index contributed by atoms with van der Waals surface area (Å²) < 4.78 is 0.554. The van der Waals surface area contributed by atoms with Gasteiger partial charge in [-0.25, -0.2) is 9.97 Å². The third kappa shape index (κ3) is 1.94. The summed E-state index contributed by atoms with van der Waals surface area (Å²) in [6, 6.07) is 10.2. The summed E-state index contributed by atoms with van der Waals surface area (Å²) in [5, 5.41) is 0.736. The molecule has 0 aliphatic heterocycles. The van der Waals surface area contributed by atoms with Crippen molar-refractivity contribution in [2.75, 3.05) is 0 Å². The fourth-order valence-electron chi connectivity index (χ4n) is 2.13. The average Bonchev–Trinajstić information content (AvgIpc) is 3.18. The van der Waals surface area contributed by atoms with E-state index in [0.717, 1.165) is 12.8 Å². The highest BCUT2D eigenvalue weighted by Gasteiger charge is 2.49. The highest BCUT2D eigenvalue weighted by atomic mass is 79.9. The maximum absolute atomic E-state index is 6.06. The van der Waals surface area contributed by atoms with Crippen LogP contribution in [0.25, 0.3) is 0 Å². The molecule has 1 saturated carbocycles. The molecule has 1 aromatic carbocycles. The van der Waals surface area contributed by atoms with Crippen molar-refractivity contribution < 1.29 is 0 Å². The molecule has 1 fully saturated rings. The number of benzene rings is 1. The van der Waals surface area contributed by atoms with Crippen molar-refractivity contribution in [2.24, 2.45) is 0 Å². The van der Waals surface area contributed by atoms with E-state index < -0.39 is 0 Å². The van der Waals surface area contributed by atoms with Gasteiger partial charge in [0.05, 0.1) is 9.89 Å². The second-order valence-electron chi connectivity index (χ2n) is 4.39. The summed E-state index contributed by atoms with van der Waals surface area (Å²) in [4.78, 5) is 8.73. The SMILES string of the molecule is Clc1nc(C2(c3ccccc3)CC2)nc(Cl)c1Br. The van der Waals surface area contributed by atoms with E-state index in [2.05, 4.69) is 38.0 Å². The van der Waals surface area contributed by atoms with Crippen LogP contribution in [0.5, 0.6) is 0 Å². The van der Waals surface area contributed by atoms with Crippen LogP contribution in [0.2, 0.25) is 10.3 Å². The Balaban J connectivity index is 2.11. The van der Waals surface area contributed by atoms with Gasteiger partial charge in [-0.15, -0.1) is 0 Å². The maximum atomic E-state index is 6.06. The Hall–Kier alpha value is -0.640. The van der Waals surface area contributed by atoms with Crippen molar-refractivity contribution in [2.45, 2.75) is 18.3 Å². The minimum Gasteiger partial charge on any atom is -0.219 e. The zero-order valence-corrected chi connectivity index (χ0v) is 12.4. The van der Waals surface area contributed by atoms with E-state index >= 15 is 0 Å². The Morgan fingerprint density at radius 2 is 1.56 bits per heavy atom. The van der Waals surface area contributed by atoms with Gasteiger partial charge in [-0.05, 0) is 34.3 Å². The number of rotatable bonds is 2. The molecule has 1 aliphatic rings. The van der Waals surface area contributed by atoms with Gasteiger partial charge in [0.2, 0.25) is 0 Å². The van der Waals surface area contributed by atoms with E-state index in [0.29, 0.717) is 20.6 Å². The molecule has 2 aromatic rings. The van der Waals surface area contributed by atoms with E-state index in [1.807, 2.05) is 18.2 Å². The molecule has 5 heteroatoms. The molecule has 18 heavy (non-hydrogen) atoms. The van der Waals surface area contributed by atoms with Gasteiger partial charge in [0.25, 0.3) is 0 Å². The van der Waals surface area contributed by atoms with Crippen LogP contribution in [-0.4, -0.2) is 9.97 Å². The first-order chi connectivity index (χ1) is 8.63. The summed E-state index contributed by atoms with van der Waals surface area (Å²) in [7, 11) is 0. The highest BCUT2D eigenvalue weighted by molar-refractivity contribution is 9.10. The van der Waals surface area contributed by atoms with Crippen molar-refractivity contribution in [3.8, 4) is 0 Å². The lowest BCUT2D eigenvalue weighted by molar-refractivity contribution is 0.753. The van der Waals surface area contributed by atoms with Crippen LogP contribution in [0.15, 0.2) is 34.8 Å². The quantitative estimate of drug-likeness (QED) is 0.743. The van der Waals surface area contributed by atoms with Crippen LogP contribution in [0.1, 0.15) is 24.2 Å². The van der Waals surface area contributed by atoms with Crippen molar-refractivity contribution >= 4 is 39.1 Å². The number of nitrogens with zero attached hydrogens (tertiary/aromatic N) is 2. The van der Waals surface area contributed by atoms with Crippen LogP contribution in [0.3, 0.4) is 0 Å². The van der Waals surface area contributed by atoms with Crippen LogP contribution >= 0.6 is 39.1 Å². The fourth-order valence-corrected chi connectivity index (χ4v) is 2.70. The molecule has 0 saturated heterocycles. The molecule has 0 amide bonds. The molecule has 0 spiro atoms. The van der Waals surface area contributed by atoms with Crippen LogP contribution < -0.4 is 0 Å². The Bertz CT molecular complexity index is 574. The van der Waals surface area contributed by atoms with Crippen molar-refractivity contribution in [3.05, 3.63) is 56.5 Å². The summed E-state index contributed by atoms with van der Waals surface area (Å²) in [6.07, 6.45) is 2.07. The predicted molar refractivity (Wildman–Crippen MR) is 76.2 cm³/mol. The van der Waals surface area contributed by atoms with E-state index in [-0.39, 0.29) is 5.41 Å². The van der Waals surface area contributed by atoms with Gasteiger partial charge in [-0.3, -0.25) is 0 Å². The molecule has 1 aromatic heterocycles. The Labute approximate surface area is 123 Å². The van der Waals surface area contributed by atoms with Crippen molar-refractivity contribution in [1.29, 1.82) is 0 Å². The first kappa shape index (κ1) is 12.4. The van der Waals surface area contributed by atoms with Crippen molar-refractivity contribution in [3.63, 3.8) is 0 Å². The second kappa shape index (κ2) is 4.48. The molecule has 0 unspecified atom stereocenters. The number of hydrogen-bond acceptors (Lipinski definition) is 2. The standard InChI is InChI=1S/C13H9BrCl2N2/c14-9-10(15)17-12(18-11(9)16)13(6-7-13)8-4-2-1-3-5-8/h1-5H,6-7H2. The van der Waals surface area contributed by atoms with Crippen LogP contribution in [0, 0.1) is 0 Å². The monoisotopic (exact) mass is 342 g/mol. The molecule has 2 nitrogen and oxygen atoms in total. The van der Waals surface area contributed by atoms with E-state index in [1.165, 1.54) is 5.56 Å². The molecule has 0 N–H and O–H groups in total. The summed E-state index contributed by atoms with van der Waals surface area (Å²) >= 11 is 15.4. The highest BCUT2D eigenvalue weighted by Crippen LogP contribution is 2.52. The first-order valence-electron chi connectivity index (χ1n) is 5.58. The average molecular weight is 344 g/mol. The third-order valence-electron chi connectivity index (χ3n) is 3.27. The largest absolute Gasteiger partial charge is 0.219 e. The van der Waals surface area contributed by atoms with Crippen molar-refractivity contribution in [1.82, 2.24) is 9.97 Å². The third-order valence-corrected chi connectivity index (χ3v) is 5.03. The van der Waals surface area contributed by atoms with E-state index in [4.69, 9.17) is 23.2 Å². The minimum absolute atomic E-state index is 0.102. The minimum atomic E-state index is -0.102. The second-order valence-corrected chi connectivity index (χ2v) is 5.90. The summed E-state index contributed by atoms with van der Waals surface area (Å²) in [6.45, 7) is 0. The predicted octanol–water partition coefficient (Wildman–Crippen LogP) is 4.63. The summed E-state index contributed by atoms with van der Waals surface area (Å²) in [5.41, 5.74) is 1.12. The van der Waals surface area contributed by atoms with Crippen LogP contribution in [0.4, 0.5) is 0 Å². The van der Waals surface area contributed by atoms with Gasteiger partial charge >= 0.3 is 0 Å². The zero-order valence-electron chi connectivity index (χ0n) is 9.33. The van der Waals surface area contributed by atoms with Gasteiger partial charge in [-0.1, -0.05) is 53.5 Å². The molecule has 1 aliphatic carbocycles. The van der Waals surface area contributed by atoms with Gasteiger partial charge < -0.3 is 0 Å². The molecule has 0 atom stereocenters. The summed E-state index contributed by atoms with van der Waals surface area (Å²) in [5.74, 6) is 0.715. The smallest absolute Gasteiger partial charge is 0.148 e. The van der Waals surface area contributed by atoms with Gasteiger partial charge in [-0.2, -0.15) is 0 Å². The fraction of sp³-hybridized carbons (Fsp3) is 0.231. The lowest BCUT2D eigenvalue weighted by Gasteiger charge is -2.15. The maximum Gasteiger partial charge on any atom is 0.148 e. The van der Waals surface area contributed by atoms with Crippen LogP contribution in [-0.2, 0) is 5.41 Å². The molecule has 0 radical (unpaired) electrons. The lowest BCUT2D eigenvalue weighted by Crippen LogP contribution is -2.13. The normalized spacial score (nSPS) is 16.6. The number of aromatic nitrogens is 2. The van der Waals surface area contributed by atoms with Gasteiger partial charge in [0.15, 0.2) is 0 Å². The molecule has 3 rings (SSSR count). The van der Waals surface area contributed by atoms with Gasteiger partial charge in [0, 0.05) is 0 Å².